The summed E-state index contributed by atoms with van der Waals surface area (Å²) in [6.07, 6.45) is 90.0. The van der Waals surface area contributed by atoms with Crippen molar-refractivity contribution in [2.45, 2.75) is 406 Å². The number of hydrogen-bond acceptors (Lipinski definition) is 6. The highest BCUT2D eigenvalue weighted by Gasteiger charge is 2.19. The summed E-state index contributed by atoms with van der Waals surface area (Å²) in [5.41, 5.74) is 0. The highest BCUT2D eigenvalue weighted by Crippen LogP contribution is 2.18. The summed E-state index contributed by atoms with van der Waals surface area (Å²) in [4.78, 5) is 38.5. The molecule has 0 aromatic carbocycles. The van der Waals surface area contributed by atoms with Crippen molar-refractivity contribution in [2.24, 2.45) is 0 Å². The maximum atomic E-state index is 13.0. The standard InChI is InChI=1S/C76H140O6/c1-4-7-10-13-16-19-22-25-28-31-34-36-38-40-42-45-48-51-54-57-60-63-66-69-75(78)81-72-73(71-80-74(77)68-65-62-59-56-53-50-47-44-41-33-30-27-24-21-18-15-12-9-6-3)82-76(79)70-67-64-61-58-55-52-49-46-43-39-37-35-32-29-26-23-20-17-14-11-8-5-2/h18,21,27,30-31,34,41,44,73H,4-17,19-20,22-26,28-29,32-33,35-40,42-43,45-72H2,1-3H3/b21-18-,30-27-,34-31-,44-41-. The molecule has 0 radical (unpaired) electrons. The van der Waals surface area contributed by atoms with Crippen LogP contribution < -0.4 is 0 Å². The van der Waals surface area contributed by atoms with Crippen LogP contribution in [0.1, 0.15) is 400 Å². The van der Waals surface area contributed by atoms with Crippen LogP contribution in [0.4, 0.5) is 0 Å². The Morgan fingerprint density at radius 1 is 0.244 bits per heavy atom. The highest BCUT2D eigenvalue weighted by molar-refractivity contribution is 5.71. The maximum Gasteiger partial charge on any atom is 0.306 e. The van der Waals surface area contributed by atoms with Crippen molar-refractivity contribution in [2.75, 3.05) is 13.2 Å². The Kier molecular flexibility index (Phi) is 68.6. The van der Waals surface area contributed by atoms with Gasteiger partial charge in [0.05, 0.1) is 0 Å². The van der Waals surface area contributed by atoms with Gasteiger partial charge in [0.2, 0.25) is 0 Å². The van der Waals surface area contributed by atoms with E-state index in [0.717, 1.165) is 77.0 Å². The summed E-state index contributed by atoms with van der Waals surface area (Å²) < 4.78 is 17.0. The van der Waals surface area contributed by atoms with Gasteiger partial charge in [-0.2, -0.15) is 0 Å². The van der Waals surface area contributed by atoms with E-state index >= 15 is 0 Å². The Labute approximate surface area is 511 Å². The summed E-state index contributed by atoms with van der Waals surface area (Å²) in [5.74, 6) is -0.857. The molecule has 6 heteroatoms. The first kappa shape index (κ1) is 79.4. The lowest BCUT2D eigenvalue weighted by molar-refractivity contribution is -0.167. The second kappa shape index (κ2) is 70.9. The van der Waals surface area contributed by atoms with E-state index in [1.54, 1.807) is 0 Å². The van der Waals surface area contributed by atoms with Crippen LogP contribution in [0.3, 0.4) is 0 Å². The van der Waals surface area contributed by atoms with Gasteiger partial charge in [0.1, 0.15) is 13.2 Å². The van der Waals surface area contributed by atoms with Gasteiger partial charge in [0.25, 0.3) is 0 Å². The van der Waals surface area contributed by atoms with Crippen molar-refractivity contribution in [1.82, 2.24) is 0 Å². The van der Waals surface area contributed by atoms with Crippen molar-refractivity contribution < 1.29 is 28.6 Å². The van der Waals surface area contributed by atoms with Gasteiger partial charge in [-0.25, -0.2) is 0 Å². The zero-order valence-corrected chi connectivity index (χ0v) is 55.3. The minimum absolute atomic E-state index is 0.0734. The van der Waals surface area contributed by atoms with Crippen LogP contribution in [0.25, 0.3) is 0 Å². The van der Waals surface area contributed by atoms with Gasteiger partial charge in [-0.05, 0) is 83.5 Å². The number of carbonyl (C=O) groups excluding carboxylic acids is 3. The number of unbranched alkanes of at least 4 members (excludes halogenated alkanes) is 49. The molecule has 480 valence electrons. The molecular formula is C76H140O6. The lowest BCUT2D eigenvalue weighted by atomic mass is 10.0. The number of ether oxygens (including phenoxy) is 3. The summed E-state index contributed by atoms with van der Waals surface area (Å²) in [7, 11) is 0. The molecule has 6 nitrogen and oxygen atoms in total. The fraction of sp³-hybridized carbons (Fsp3) is 0.855. The molecule has 0 spiro atoms. The second-order valence-corrected chi connectivity index (χ2v) is 24.9. The Morgan fingerprint density at radius 3 is 0.720 bits per heavy atom. The number of hydrogen-bond donors (Lipinski definition) is 0. The van der Waals surface area contributed by atoms with E-state index < -0.39 is 6.10 Å². The van der Waals surface area contributed by atoms with Gasteiger partial charge in [0.15, 0.2) is 6.10 Å². The van der Waals surface area contributed by atoms with Crippen molar-refractivity contribution in [3.8, 4) is 0 Å². The Morgan fingerprint density at radius 2 is 0.439 bits per heavy atom. The zero-order chi connectivity index (χ0) is 59.2. The summed E-state index contributed by atoms with van der Waals surface area (Å²) in [6.45, 7) is 6.68. The lowest BCUT2D eigenvalue weighted by Crippen LogP contribution is -2.30. The largest absolute Gasteiger partial charge is 0.462 e. The Hall–Kier alpha value is -2.63. The summed E-state index contributed by atoms with van der Waals surface area (Å²) in [6, 6.07) is 0. The predicted octanol–water partition coefficient (Wildman–Crippen LogP) is 25.3. The average Bonchev–Trinajstić information content (AvgIpc) is 3.47. The van der Waals surface area contributed by atoms with Crippen LogP contribution in [0.2, 0.25) is 0 Å². The van der Waals surface area contributed by atoms with Crippen molar-refractivity contribution in [3.63, 3.8) is 0 Å². The molecule has 0 saturated heterocycles. The fourth-order valence-corrected chi connectivity index (χ4v) is 11.0. The molecule has 1 unspecified atom stereocenters. The summed E-state index contributed by atoms with van der Waals surface area (Å²) >= 11 is 0. The van der Waals surface area contributed by atoms with Gasteiger partial charge in [-0.15, -0.1) is 0 Å². The molecule has 0 aliphatic carbocycles. The van der Waals surface area contributed by atoms with Crippen molar-refractivity contribution in [1.29, 1.82) is 0 Å². The molecule has 1 atom stereocenters. The first-order valence-corrected chi connectivity index (χ1v) is 36.6. The van der Waals surface area contributed by atoms with E-state index in [0.29, 0.717) is 19.3 Å². The predicted molar refractivity (Wildman–Crippen MR) is 358 cm³/mol. The normalized spacial score (nSPS) is 12.3. The number of esters is 3. The third-order valence-electron chi connectivity index (χ3n) is 16.6. The van der Waals surface area contributed by atoms with Gasteiger partial charge < -0.3 is 14.2 Å². The molecule has 0 N–H and O–H groups in total. The highest BCUT2D eigenvalue weighted by atomic mass is 16.6. The van der Waals surface area contributed by atoms with Gasteiger partial charge in [0, 0.05) is 19.3 Å². The van der Waals surface area contributed by atoms with E-state index in [-0.39, 0.29) is 31.1 Å². The SMILES string of the molecule is CCCCC/C=C\C/C=C\C/C=C\CCCCCCCCC(=O)OCC(COC(=O)CCCCCCCCCCCCC/C=C\CCCCCCCCCC)OC(=O)CCCCCCCCCCCCCCCCCCCCCCCC. The van der Waals surface area contributed by atoms with Crippen LogP contribution in [-0.4, -0.2) is 37.2 Å². The first-order valence-electron chi connectivity index (χ1n) is 36.6. The number of carbonyl (C=O) groups is 3. The third kappa shape index (κ3) is 68.2. The van der Waals surface area contributed by atoms with E-state index in [1.165, 1.54) is 283 Å². The van der Waals surface area contributed by atoms with E-state index in [9.17, 15) is 14.4 Å². The van der Waals surface area contributed by atoms with E-state index in [4.69, 9.17) is 14.2 Å². The smallest absolute Gasteiger partial charge is 0.306 e. The molecule has 0 heterocycles. The first-order chi connectivity index (χ1) is 40.5. The molecule has 0 fully saturated rings. The second-order valence-electron chi connectivity index (χ2n) is 24.9. The third-order valence-corrected chi connectivity index (χ3v) is 16.6. The van der Waals surface area contributed by atoms with Crippen molar-refractivity contribution in [3.05, 3.63) is 48.6 Å². The fourth-order valence-electron chi connectivity index (χ4n) is 11.0. The van der Waals surface area contributed by atoms with Crippen LogP contribution in [0.15, 0.2) is 48.6 Å². The molecule has 0 saturated carbocycles. The van der Waals surface area contributed by atoms with Gasteiger partial charge in [-0.1, -0.05) is 345 Å². The van der Waals surface area contributed by atoms with Crippen LogP contribution >= 0.6 is 0 Å². The minimum atomic E-state index is -0.779. The monoisotopic (exact) mass is 1150 g/mol. The van der Waals surface area contributed by atoms with E-state index in [1.807, 2.05) is 0 Å². The minimum Gasteiger partial charge on any atom is -0.462 e. The molecule has 82 heavy (non-hydrogen) atoms. The molecule has 0 aromatic heterocycles. The van der Waals surface area contributed by atoms with Crippen LogP contribution in [0.5, 0.6) is 0 Å². The molecule has 0 amide bonds. The Balaban J connectivity index is 4.33. The topological polar surface area (TPSA) is 78.9 Å². The molecular weight excluding hydrogens is 1010 g/mol. The van der Waals surface area contributed by atoms with E-state index in [2.05, 4.69) is 69.4 Å². The van der Waals surface area contributed by atoms with Gasteiger partial charge >= 0.3 is 17.9 Å². The number of allylic oxidation sites excluding steroid dienone is 8. The summed E-state index contributed by atoms with van der Waals surface area (Å²) in [5, 5.41) is 0. The lowest BCUT2D eigenvalue weighted by Gasteiger charge is -2.18. The van der Waals surface area contributed by atoms with Gasteiger partial charge in [-0.3, -0.25) is 14.4 Å². The van der Waals surface area contributed by atoms with Crippen molar-refractivity contribution >= 4 is 17.9 Å². The molecule has 0 aliphatic heterocycles. The van der Waals surface area contributed by atoms with Crippen LogP contribution in [0, 0.1) is 0 Å². The quantitative estimate of drug-likeness (QED) is 0.0261. The number of rotatable bonds is 68. The average molecular weight is 1150 g/mol. The molecule has 0 rings (SSSR count). The maximum absolute atomic E-state index is 13.0. The molecule has 0 bridgehead atoms. The van der Waals surface area contributed by atoms with Crippen LogP contribution in [-0.2, 0) is 28.6 Å². The zero-order valence-electron chi connectivity index (χ0n) is 55.3. The Bertz CT molecular complexity index is 1410. The molecule has 0 aliphatic rings. The molecule has 0 aromatic rings.